The number of nitrogens with zero attached hydrogens (tertiary/aromatic N) is 1. The zero-order valence-electron chi connectivity index (χ0n) is 13.6. The summed E-state index contributed by atoms with van der Waals surface area (Å²) in [5.74, 6) is -0.516. The second-order valence-electron chi connectivity index (χ2n) is 5.55. The number of hydrogen-bond acceptors (Lipinski definition) is 3. The quantitative estimate of drug-likeness (QED) is 0.717. The molecule has 3 aromatic rings. The molecule has 4 nitrogen and oxygen atoms in total. The number of aromatic nitrogens is 1. The fourth-order valence-corrected chi connectivity index (χ4v) is 2.39. The summed E-state index contributed by atoms with van der Waals surface area (Å²) in [6.45, 7) is 0.542. The van der Waals surface area contributed by atoms with E-state index < -0.39 is 0 Å². The smallest absolute Gasteiger partial charge is 0.269 e. The van der Waals surface area contributed by atoms with Crippen molar-refractivity contribution in [1.82, 2.24) is 10.3 Å². The number of carbonyl (C=O) groups excluding carboxylic acids is 1. The van der Waals surface area contributed by atoms with Gasteiger partial charge in [0.1, 0.15) is 11.5 Å². The van der Waals surface area contributed by atoms with Crippen molar-refractivity contribution in [3.8, 4) is 0 Å². The summed E-state index contributed by atoms with van der Waals surface area (Å²) in [6, 6.07) is 19.4. The van der Waals surface area contributed by atoms with Crippen LogP contribution in [0, 0.1) is 5.82 Å². The van der Waals surface area contributed by atoms with E-state index in [0.29, 0.717) is 12.2 Å². The lowest BCUT2D eigenvalue weighted by atomic mass is 10.1. The van der Waals surface area contributed by atoms with Gasteiger partial charge < -0.3 is 10.6 Å². The molecule has 0 aliphatic rings. The first-order chi connectivity index (χ1) is 12.2. The first-order valence-corrected chi connectivity index (χ1v) is 8.01. The predicted octanol–water partition coefficient (Wildman–Crippen LogP) is 3.94. The Kier molecular flexibility index (Phi) is 5.36. The van der Waals surface area contributed by atoms with Crippen LogP contribution in [0.2, 0.25) is 0 Å². The third-order valence-corrected chi connectivity index (χ3v) is 3.67. The molecule has 0 radical (unpaired) electrons. The molecule has 1 aromatic heterocycles. The molecule has 0 spiro atoms. The number of carbonyl (C=O) groups is 1. The fraction of sp³-hybridized carbons (Fsp3) is 0.100. The highest BCUT2D eigenvalue weighted by Gasteiger charge is 2.07. The molecule has 1 heterocycles. The molecule has 0 unspecified atom stereocenters. The Morgan fingerprint density at radius 3 is 2.48 bits per heavy atom. The fourth-order valence-electron chi connectivity index (χ4n) is 2.39. The Morgan fingerprint density at radius 2 is 1.72 bits per heavy atom. The Morgan fingerprint density at radius 1 is 0.960 bits per heavy atom. The lowest BCUT2D eigenvalue weighted by molar-refractivity contribution is 0.0949. The number of pyridine rings is 1. The molecule has 0 saturated heterocycles. The van der Waals surface area contributed by atoms with Crippen molar-refractivity contribution in [2.75, 3.05) is 11.9 Å². The molecule has 3 rings (SSSR count). The number of hydrogen-bond donors (Lipinski definition) is 2. The van der Waals surface area contributed by atoms with Gasteiger partial charge in [0.2, 0.25) is 0 Å². The van der Waals surface area contributed by atoms with Gasteiger partial charge in [0, 0.05) is 24.1 Å². The molecule has 0 atom stereocenters. The van der Waals surface area contributed by atoms with E-state index in [1.54, 1.807) is 30.5 Å². The highest BCUT2D eigenvalue weighted by atomic mass is 19.1. The van der Waals surface area contributed by atoms with Crippen LogP contribution in [0.3, 0.4) is 0 Å². The van der Waals surface area contributed by atoms with Crippen molar-refractivity contribution < 1.29 is 9.18 Å². The number of benzene rings is 2. The van der Waals surface area contributed by atoms with Crippen LogP contribution < -0.4 is 10.6 Å². The van der Waals surface area contributed by atoms with Crippen molar-refractivity contribution in [2.45, 2.75) is 6.42 Å². The van der Waals surface area contributed by atoms with E-state index >= 15 is 0 Å². The average molecular weight is 335 g/mol. The average Bonchev–Trinajstić information content (AvgIpc) is 2.65. The van der Waals surface area contributed by atoms with Crippen LogP contribution in [0.1, 0.15) is 16.1 Å². The van der Waals surface area contributed by atoms with Gasteiger partial charge in [-0.2, -0.15) is 0 Å². The number of nitrogens with one attached hydrogen (secondary N) is 2. The third kappa shape index (κ3) is 4.88. The van der Waals surface area contributed by atoms with Gasteiger partial charge in [-0.1, -0.05) is 30.3 Å². The normalized spacial score (nSPS) is 10.3. The van der Waals surface area contributed by atoms with E-state index in [1.165, 1.54) is 17.7 Å². The molecule has 25 heavy (non-hydrogen) atoms. The Bertz CT molecular complexity index is 835. The van der Waals surface area contributed by atoms with Crippen LogP contribution in [0.5, 0.6) is 0 Å². The maximum absolute atomic E-state index is 12.9. The predicted molar refractivity (Wildman–Crippen MR) is 96.4 cm³/mol. The maximum Gasteiger partial charge on any atom is 0.269 e. The zero-order chi connectivity index (χ0) is 17.5. The van der Waals surface area contributed by atoms with Crippen molar-refractivity contribution >= 4 is 17.3 Å². The van der Waals surface area contributed by atoms with Crippen LogP contribution in [0.15, 0.2) is 72.9 Å². The monoisotopic (exact) mass is 335 g/mol. The van der Waals surface area contributed by atoms with Crippen LogP contribution in [-0.4, -0.2) is 17.4 Å². The van der Waals surface area contributed by atoms with Gasteiger partial charge in [0.05, 0.1) is 0 Å². The molecular formula is C20H18FN3O. The van der Waals surface area contributed by atoms with Gasteiger partial charge in [0.25, 0.3) is 5.91 Å². The van der Waals surface area contributed by atoms with E-state index in [2.05, 4.69) is 15.6 Å². The summed E-state index contributed by atoms with van der Waals surface area (Å²) in [4.78, 5) is 16.3. The van der Waals surface area contributed by atoms with E-state index in [1.807, 2.05) is 30.3 Å². The van der Waals surface area contributed by atoms with E-state index in [-0.39, 0.29) is 11.7 Å². The lowest BCUT2D eigenvalue weighted by Gasteiger charge is -2.09. The van der Waals surface area contributed by atoms with Crippen molar-refractivity contribution in [1.29, 1.82) is 0 Å². The maximum atomic E-state index is 12.9. The minimum atomic E-state index is -0.293. The van der Waals surface area contributed by atoms with Crippen LogP contribution >= 0.6 is 0 Å². The van der Waals surface area contributed by atoms with Gasteiger partial charge in [-0.25, -0.2) is 4.39 Å². The molecule has 0 saturated carbocycles. The molecule has 0 fully saturated rings. The molecule has 0 bridgehead atoms. The summed E-state index contributed by atoms with van der Waals surface area (Å²) >= 11 is 0. The number of rotatable bonds is 6. The molecule has 0 aliphatic carbocycles. The minimum Gasteiger partial charge on any atom is -0.355 e. The summed E-state index contributed by atoms with van der Waals surface area (Å²) in [5, 5.41) is 5.99. The SMILES string of the molecule is O=C(NCCc1ccccc1)c1cc(Nc2ccc(F)cc2)ccn1. The third-order valence-electron chi connectivity index (χ3n) is 3.67. The van der Waals surface area contributed by atoms with Crippen LogP contribution in [-0.2, 0) is 6.42 Å². The molecule has 126 valence electrons. The van der Waals surface area contributed by atoms with E-state index in [0.717, 1.165) is 17.8 Å². The Labute approximate surface area is 145 Å². The van der Waals surface area contributed by atoms with Gasteiger partial charge >= 0.3 is 0 Å². The number of amides is 1. The standard InChI is InChI=1S/C20H18FN3O/c21-16-6-8-17(9-7-16)24-18-11-13-22-19(14-18)20(25)23-12-10-15-4-2-1-3-5-15/h1-9,11,13-14H,10,12H2,(H,22,24)(H,23,25). The summed E-state index contributed by atoms with van der Waals surface area (Å²) < 4.78 is 12.9. The van der Waals surface area contributed by atoms with Gasteiger partial charge in [-0.05, 0) is 48.4 Å². The van der Waals surface area contributed by atoms with Gasteiger partial charge in [-0.3, -0.25) is 9.78 Å². The molecule has 0 aliphatic heterocycles. The second kappa shape index (κ2) is 8.06. The van der Waals surface area contributed by atoms with Crippen molar-refractivity contribution in [3.05, 3.63) is 90.0 Å². The largest absolute Gasteiger partial charge is 0.355 e. The van der Waals surface area contributed by atoms with Crippen LogP contribution in [0.25, 0.3) is 0 Å². The van der Waals surface area contributed by atoms with Crippen molar-refractivity contribution in [3.63, 3.8) is 0 Å². The summed E-state index contributed by atoms with van der Waals surface area (Å²) in [7, 11) is 0. The molecule has 2 aromatic carbocycles. The minimum absolute atomic E-state index is 0.223. The lowest BCUT2D eigenvalue weighted by Crippen LogP contribution is -2.26. The molecular weight excluding hydrogens is 317 g/mol. The zero-order valence-corrected chi connectivity index (χ0v) is 13.6. The van der Waals surface area contributed by atoms with Gasteiger partial charge in [-0.15, -0.1) is 0 Å². The highest BCUT2D eigenvalue weighted by Crippen LogP contribution is 2.17. The number of halogens is 1. The molecule has 1 amide bonds. The second-order valence-corrected chi connectivity index (χ2v) is 5.55. The summed E-state index contributed by atoms with van der Waals surface area (Å²) in [6.07, 6.45) is 2.33. The first kappa shape index (κ1) is 16.6. The Hall–Kier alpha value is -3.21. The molecule has 2 N–H and O–H groups in total. The Balaban J connectivity index is 1.58. The summed E-state index contributed by atoms with van der Waals surface area (Å²) in [5.41, 5.74) is 2.96. The topological polar surface area (TPSA) is 54.0 Å². The first-order valence-electron chi connectivity index (χ1n) is 8.01. The number of anilines is 2. The van der Waals surface area contributed by atoms with Crippen LogP contribution in [0.4, 0.5) is 15.8 Å². The highest BCUT2D eigenvalue weighted by molar-refractivity contribution is 5.93. The van der Waals surface area contributed by atoms with Gasteiger partial charge in [0.15, 0.2) is 0 Å². The van der Waals surface area contributed by atoms with E-state index in [9.17, 15) is 9.18 Å². The molecule has 5 heteroatoms. The van der Waals surface area contributed by atoms with Crippen molar-refractivity contribution in [2.24, 2.45) is 0 Å². The van der Waals surface area contributed by atoms with E-state index in [4.69, 9.17) is 0 Å².